The molecule has 0 aromatic carbocycles. The average Bonchev–Trinajstić information content (AvgIpc) is 1.16. The molecule has 8 aliphatic carbocycles. The number of sulfone groups is 1. The van der Waals surface area contributed by atoms with Crippen LogP contribution in [0.5, 0.6) is 0 Å². The second-order valence-electron chi connectivity index (χ2n) is 29.4. The van der Waals surface area contributed by atoms with Gasteiger partial charge >= 0.3 is 0 Å². The molecule has 0 spiro atoms. The van der Waals surface area contributed by atoms with E-state index in [1.54, 1.807) is 24.5 Å². The Bertz CT molecular complexity index is 2780. The number of carbonyl (C=O) groups is 1. The van der Waals surface area contributed by atoms with Gasteiger partial charge in [-0.2, -0.15) is 5.10 Å². The Morgan fingerprint density at radius 1 is 0.741 bits per heavy atom. The Kier molecular flexibility index (Phi) is 25.4. The summed E-state index contributed by atoms with van der Waals surface area (Å²) in [6.07, 6.45) is 29.1. The molecule has 480 valence electrons. The van der Waals surface area contributed by atoms with Crippen molar-refractivity contribution < 1.29 is 72.9 Å². The van der Waals surface area contributed by atoms with Crippen molar-refractivity contribution in [3.8, 4) is 0 Å². The predicted molar refractivity (Wildman–Crippen MR) is 337 cm³/mol. The number of ketones is 1. The fourth-order valence-corrected chi connectivity index (χ4v) is 23.0. The molecule has 10 rings (SSSR count). The molecule has 5 N–H and O–H groups in total. The monoisotopic (exact) mass is 1450 g/mol. The van der Waals surface area contributed by atoms with Gasteiger partial charge in [0, 0.05) is 77.6 Å². The minimum absolute atomic E-state index is 0. The van der Waals surface area contributed by atoms with Crippen LogP contribution in [0.2, 0.25) is 0 Å². The Morgan fingerprint density at radius 2 is 1.25 bits per heavy atom. The van der Waals surface area contributed by atoms with Crippen LogP contribution in [0.4, 0.5) is 0 Å². The number of nitrogens with zero attached hydrogens (tertiary/aromatic N) is 4. The molecule has 0 unspecified atom stereocenters. The SMILES string of the molecule is C.CC[C@H]1[C@@H](O)[C@@H]2[C@H](CC[C@]3(C)[C@@H]([C@H](C)CCCC(=O)CS(=O)(=O)c4ccn(CC)c4)CC[C@@H]23)[C@@]2(C)CC[C@@H](O)C[C@@H]12.CC[C@H]1[C@@H](O)[C@@H]2[C@H](CC[C@]3(C)[C@@H]([C@H](C)CCN=C=O)CC[C@@H]23)[C@@]2(C)CC[C@@H](C)C[C@@H]12.CCn1cc(S(N)(=O)=O)cn1.[2H][B].[U]. The second kappa shape index (κ2) is 29.8. The van der Waals surface area contributed by atoms with Gasteiger partial charge in [-0.25, -0.2) is 31.8 Å². The molecule has 0 aliphatic heterocycles. The van der Waals surface area contributed by atoms with Gasteiger partial charge in [-0.15, -0.1) is 0 Å². The molecule has 2 aromatic rings. The number of carbonyl (C=O) groups excluding carboxylic acids is 2. The Labute approximate surface area is 541 Å². The number of primary sulfonamides is 1. The molecule has 8 aliphatic rings. The summed E-state index contributed by atoms with van der Waals surface area (Å²) in [5, 5.41) is 42.9. The fourth-order valence-electron chi connectivity index (χ4n) is 21.3. The van der Waals surface area contributed by atoms with Crippen LogP contribution in [-0.4, -0.2) is 98.7 Å². The topological polar surface area (TPSA) is 224 Å². The van der Waals surface area contributed by atoms with E-state index < -0.39 is 25.6 Å². The van der Waals surface area contributed by atoms with E-state index in [0.29, 0.717) is 114 Å². The zero-order chi connectivity index (χ0) is 61.9. The van der Waals surface area contributed by atoms with Crippen LogP contribution >= 0.6 is 0 Å². The summed E-state index contributed by atoms with van der Waals surface area (Å²) in [6, 6.07) is 1.59. The van der Waals surface area contributed by atoms with Crippen molar-refractivity contribution in [2.24, 2.45) is 121 Å². The molecule has 18 heteroatoms. The molecule has 85 heavy (non-hydrogen) atoms. The molecule has 0 saturated heterocycles. The smallest absolute Gasteiger partial charge is 0.241 e. The van der Waals surface area contributed by atoms with Gasteiger partial charge in [-0.3, -0.25) is 9.48 Å². The van der Waals surface area contributed by atoms with E-state index in [4.69, 9.17) is 6.47 Å². The number of fused-ring (bicyclic) bond motifs is 10. The number of aliphatic imine (C=N–C) groups is 1. The van der Waals surface area contributed by atoms with Crippen molar-refractivity contribution in [2.75, 3.05) is 12.3 Å². The molecule has 8 fully saturated rings. The molecule has 2 aromatic heterocycles. The summed E-state index contributed by atoms with van der Waals surface area (Å²) < 4.78 is 55.4. The number of isocyanates is 1. The predicted octanol–water partition coefficient (Wildman–Crippen LogP) is 12.1. The summed E-state index contributed by atoms with van der Waals surface area (Å²) in [4.78, 5) is 27.3. The maximum absolute atomic E-state index is 12.7. The Morgan fingerprint density at radius 3 is 1.72 bits per heavy atom. The number of Topliss-reactive ketones (excluding diaryl/α,β-unsaturated/α-hetero) is 1. The third kappa shape index (κ3) is 14.7. The largest absolute Gasteiger partial charge is 0.393 e. The number of rotatable bonds is 17. The van der Waals surface area contributed by atoms with E-state index in [-0.39, 0.29) is 89.2 Å². The zero-order valence-electron chi connectivity index (χ0n) is 54.3. The number of sulfonamides is 1. The van der Waals surface area contributed by atoms with Gasteiger partial charge in [-0.05, 0) is 228 Å². The third-order valence-electron chi connectivity index (χ3n) is 25.5. The molecule has 0 amide bonds. The molecule has 0 bridgehead atoms. The van der Waals surface area contributed by atoms with Crippen molar-refractivity contribution in [1.29, 1.82) is 1.34 Å². The zero-order valence-corrected chi connectivity index (χ0v) is 59.1. The molecular weight excluding hydrogens is 1330 g/mol. The average molecular weight is 1450 g/mol. The summed E-state index contributed by atoms with van der Waals surface area (Å²) in [6.45, 7) is 27.6. The summed E-state index contributed by atoms with van der Waals surface area (Å²) in [5.74, 6) is 7.75. The standard InChI is InChI=1S/C34H55NO5S.C27H45NO2.C5H9N3O2S.CH4.BH.U/c1-6-26-30-19-23(36)13-16-34(30,5)29-14-17-33(4)27(11-12-28(33)31(29)32(26)38)22(3)9-8-10-24(37)21-41(39,40)25-15-18-35(7-2)20-25;1-6-19-23-15-17(2)9-12-27(23,5)22-10-13-26(4)20(18(3)11-14-28-16-29)7-8-21(26)24(22)25(19)30;1-2-8-4-5(3-7-8)11(6,9)10;;;/h15,18,20,22-23,26-32,36,38H,6-14,16-17,19,21H2,1-5H3;17-25,30H,6-15H2,1-5H3;3-4H,2H2,1H3,(H2,6,9,10);1H4;1H;/t22-,23-,26-,27-,28+,29+,30+,31+,32-,33-,34-;17-,18-,19-,20-,21+,22+,23+,24+,25-,26-,27-;;;;/m11..../s1/i;;;;1D;. The Balaban J connectivity index is 0.000000262. The van der Waals surface area contributed by atoms with Crippen LogP contribution in [0.15, 0.2) is 45.6 Å². The quantitative estimate of drug-likeness (QED) is 0.0666. The minimum Gasteiger partial charge on any atom is -0.393 e. The van der Waals surface area contributed by atoms with E-state index in [1.807, 2.05) is 18.4 Å². The van der Waals surface area contributed by atoms with Crippen molar-refractivity contribution in [3.05, 3.63) is 30.9 Å². The maximum Gasteiger partial charge on any atom is 0.241 e. The van der Waals surface area contributed by atoms with Crippen LogP contribution in [0, 0.1) is 142 Å². The number of aromatic nitrogens is 3. The van der Waals surface area contributed by atoms with E-state index in [2.05, 4.69) is 80.8 Å². The summed E-state index contributed by atoms with van der Waals surface area (Å²) in [5.41, 5.74) is 1.20. The van der Waals surface area contributed by atoms with E-state index in [9.17, 15) is 41.7 Å². The van der Waals surface area contributed by atoms with Crippen molar-refractivity contribution in [2.45, 2.75) is 253 Å². The first kappa shape index (κ1) is 72.5. The Hall–Kier alpha value is -1.60. The van der Waals surface area contributed by atoms with Gasteiger partial charge in [0.1, 0.15) is 16.4 Å². The molecule has 2 heterocycles. The first-order valence-corrected chi connectivity index (χ1v) is 35.9. The van der Waals surface area contributed by atoms with Crippen LogP contribution in [0.25, 0.3) is 0 Å². The number of aliphatic hydroxyl groups excluding tert-OH is 3. The van der Waals surface area contributed by atoms with Gasteiger partial charge in [0.05, 0.1) is 35.9 Å². The number of nitrogens with two attached hydrogens (primary N) is 1. The molecular formula is C67H114BN5O9S2U. The first-order valence-electron chi connectivity index (χ1n) is 33.3. The third-order valence-corrected chi connectivity index (χ3v) is 28.1. The van der Waals surface area contributed by atoms with E-state index >= 15 is 0 Å². The van der Waals surface area contributed by atoms with Gasteiger partial charge in [0.25, 0.3) is 0 Å². The maximum atomic E-state index is 12.7. The normalized spacial score (nSPS) is 39.6. The van der Waals surface area contributed by atoms with Gasteiger partial charge in [0.15, 0.2) is 9.84 Å². The van der Waals surface area contributed by atoms with E-state index in [1.165, 1.54) is 87.7 Å². The number of hydrogen-bond acceptors (Lipinski definition) is 11. The number of hydrogen-bond donors (Lipinski definition) is 4. The van der Waals surface area contributed by atoms with Gasteiger partial charge in [-0.1, -0.05) is 95.4 Å². The van der Waals surface area contributed by atoms with E-state index in [0.717, 1.165) is 57.3 Å². The van der Waals surface area contributed by atoms with Crippen molar-refractivity contribution in [1.82, 2.24) is 14.3 Å². The fraction of sp³-hybridized carbons (Fsp3) is 0.866. The van der Waals surface area contributed by atoms with Crippen molar-refractivity contribution >= 4 is 40.1 Å². The minimum atomic E-state index is -3.59. The van der Waals surface area contributed by atoms with Gasteiger partial charge < -0.3 is 19.9 Å². The number of aryl methyl sites for hydroxylation is 2. The molecule has 8 saturated carbocycles. The van der Waals surface area contributed by atoms with Crippen LogP contribution < -0.4 is 5.14 Å². The molecule has 22 atom stereocenters. The first-order chi connectivity index (χ1) is 39.7. The molecule has 2 radical (unpaired) electrons. The second-order valence-corrected chi connectivity index (χ2v) is 32.9. The molecule has 14 nitrogen and oxygen atoms in total. The van der Waals surface area contributed by atoms with Crippen LogP contribution in [0.3, 0.4) is 0 Å². The van der Waals surface area contributed by atoms with Crippen LogP contribution in [-0.2, 0) is 42.5 Å². The number of aliphatic hydroxyl groups is 3. The van der Waals surface area contributed by atoms with Crippen molar-refractivity contribution in [3.63, 3.8) is 0 Å². The van der Waals surface area contributed by atoms with Crippen LogP contribution in [0.1, 0.15) is 212 Å². The summed E-state index contributed by atoms with van der Waals surface area (Å²) in [7, 11) is -3.41. The summed E-state index contributed by atoms with van der Waals surface area (Å²) >= 11 is 0. The van der Waals surface area contributed by atoms with Gasteiger partial charge in [0.2, 0.25) is 16.1 Å².